The molecule has 0 saturated carbocycles. The van der Waals surface area contributed by atoms with Gasteiger partial charge in [-0.3, -0.25) is 33.7 Å². The van der Waals surface area contributed by atoms with E-state index in [1.807, 2.05) is 29.0 Å². The van der Waals surface area contributed by atoms with E-state index in [2.05, 4.69) is 31.7 Å². The maximum Gasteiger partial charge on any atom is 0.301 e. The molecule has 9 rings (SSSR count). The highest BCUT2D eigenvalue weighted by molar-refractivity contribution is 7.90. The van der Waals surface area contributed by atoms with E-state index in [1.54, 1.807) is 30.5 Å². The van der Waals surface area contributed by atoms with Crippen LogP contribution in [-0.4, -0.2) is 121 Å². The molecule has 2 aromatic heterocycles. The van der Waals surface area contributed by atoms with E-state index in [1.165, 1.54) is 6.20 Å². The highest BCUT2D eigenvalue weighted by atomic mass is 32.2. The second-order valence-corrected chi connectivity index (χ2v) is 18.2. The highest BCUT2D eigenvalue weighted by Gasteiger charge is 2.44. The Morgan fingerprint density at radius 1 is 0.908 bits per heavy atom. The molecule has 0 bridgehead atoms. The summed E-state index contributed by atoms with van der Waals surface area (Å²) in [6.45, 7) is 7.97. The number of piperazine rings is 1. The second-order valence-electron chi connectivity index (χ2n) is 16.6. The van der Waals surface area contributed by atoms with Crippen molar-refractivity contribution in [2.45, 2.75) is 44.3 Å². The standard InChI is InChI=1S/C46H45F3N8O7S/c1-27-4-13-39(44(59)52-27)57-45(60)33-10-9-32(23-35(33)46(57)61)64-21-3-2-15-54-17-19-55(20-18-54)31-7-5-28(6-8-31)29-22-34-36(25-51-43(34)50-24-29)42(58)40-37(48)11-12-38(41(40)49)53-65(62,63)56-16-14-30(47)26-56/h5-12,22-25,30,39,53H,1-4,13-21,26H2,(H,50,51)(H,52,59)/t30-,39?/m1/s1. The van der Waals surface area contributed by atoms with Crippen LogP contribution in [0.5, 0.6) is 5.75 Å². The van der Waals surface area contributed by atoms with Gasteiger partial charge < -0.3 is 19.9 Å². The Kier molecular flexibility index (Phi) is 11.9. The van der Waals surface area contributed by atoms with Crippen LogP contribution in [0.25, 0.3) is 22.2 Å². The summed E-state index contributed by atoms with van der Waals surface area (Å²) >= 11 is 0. The fourth-order valence-electron chi connectivity index (χ4n) is 8.77. The number of imide groups is 1. The fraction of sp³-hybridized carbons (Fsp3) is 0.326. The third-order valence-electron chi connectivity index (χ3n) is 12.4. The molecule has 15 nitrogen and oxygen atoms in total. The fourth-order valence-corrected chi connectivity index (χ4v) is 10.0. The molecule has 4 aliphatic rings. The number of pyridine rings is 1. The molecule has 3 fully saturated rings. The van der Waals surface area contributed by atoms with Gasteiger partial charge in [-0.25, -0.2) is 18.2 Å². The number of aromatic nitrogens is 2. The predicted molar refractivity (Wildman–Crippen MR) is 236 cm³/mol. The number of carbonyl (C=O) groups is 4. The van der Waals surface area contributed by atoms with Crippen LogP contribution in [-0.2, 0) is 15.0 Å². The topological polar surface area (TPSA) is 177 Å². The van der Waals surface area contributed by atoms with E-state index in [-0.39, 0.29) is 29.7 Å². The lowest BCUT2D eigenvalue weighted by molar-refractivity contribution is -0.125. The van der Waals surface area contributed by atoms with Crippen LogP contribution >= 0.6 is 0 Å². The first-order valence-electron chi connectivity index (χ1n) is 21.4. The molecule has 3 saturated heterocycles. The summed E-state index contributed by atoms with van der Waals surface area (Å²) in [6, 6.07) is 15.2. The number of anilines is 2. The Labute approximate surface area is 372 Å². The van der Waals surface area contributed by atoms with Gasteiger partial charge in [-0.05, 0) is 92.7 Å². The summed E-state index contributed by atoms with van der Waals surface area (Å²) in [6.07, 6.45) is 4.10. The van der Waals surface area contributed by atoms with Crippen LogP contribution in [0.15, 0.2) is 85.3 Å². The number of nitrogens with zero attached hydrogens (tertiary/aromatic N) is 5. The first-order valence-corrected chi connectivity index (χ1v) is 22.8. The van der Waals surface area contributed by atoms with E-state index in [4.69, 9.17) is 4.74 Å². The number of halogens is 3. The molecule has 0 spiro atoms. The third-order valence-corrected chi connectivity index (χ3v) is 13.9. The molecule has 338 valence electrons. The third kappa shape index (κ3) is 8.70. The van der Waals surface area contributed by atoms with Gasteiger partial charge in [-0.15, -0.1) is 0 Å². The number of nitrogens with one attached hydrogen (secondary N) is 3. The lowest BCUT2D eigenvalue weighted by atomic mass is 9.99. The number of fused-ring (bicyclic) bond motifs is 2. The van der Waals surface area contributed by atoms with Crippen molar-refractivity contribution in [3.05, 3.63) is 119 Å². The number of unbranched alkanes of at least 4 members (excludes halogenated alkanes) is 1. The van der Waals surface area contributed by atoms with Crippen LogP contribution in [0.3, 0.4) is 0 Å². The van der Waals surface area contributed by atoms with Crippen molar-refractivity contribution in [2.24, 2.45) is 0 Å². The zero-order chi connectivity index (χ0) is 45.6. The van der Waals surface area contributed by atoms with E-state index in [0.717, 1.165) is 78.2 Å². The molecule has 0 aliphatic carbocycles. The molecule has 19 heteroatoms. The summed E-state index contributed by atoms with van der Waals surface area (Å²) in [5.41, 5.74) is 2.24. The van der Waals surface area contributed by atoms with Crippen LogP contribution in [0.1, 0.15) is 68.7 Å². The number of alkyl halides is 1. The minimum Gasteiger partial charge on any atom is -0.494 e. The molecule has 6 heterocycles. The molecule has 65 heavy (non-hydrogen) atoms. The van der Waals surface area contributed by atoms with Gasteiger partial charge in [0.25, 0.3) is 11.8 Å². The first-order chi connectivity index (χ1) is 31.3. The monoisotopic (exact) mass is 910 g/mol. The quantitative estimate of drug-likeness (QED) is 0.0701. The van der Waals surface area contributed by atoms with E-state index < -0.39 is 75.4 Å². The van der Waals surface area contributed by atoms with Crippen molar-refractivity contribution in [3.63, 3.8) is 0 Å². The van der Waals surface area contributed by atoms with Crippen LogP contribution in [0, 0.1) is 11.6 Å². The molecule has 3 aromatic carbocycles. The van der Waals surface area contributed by atoms with Crippen molar-refractivity contribution in [1.29, 1.82) is 0 Å². The van der Waals surface area contributed by atoms with Gasteiger partial charge in [-0.2, -0.15) is 12.7 Å². The van der Waals surface area contributed by atoms with Crippen molar-refractivity contribution < 1.29 is 45.5 Å². The van der Waals surface area contributed by atoms with Crippen LogP contribution < -0.4 is 19.7 Å². The normalized spacial score (nSPS) is 19.6. The molecule has 3 amide bonds. The Morgan fingerprint density at radius 3 is 2.42 bits per heavy atom. The lowest BCUT2D eigenvalue weighted by Crippen LogP contribution is -2.51. The minimum atomic E-state index is -4.36. The van der Waals surface area contributed by atoms with E-state index in [0.29, 0.717) is 47.5 Å². The summed E-state index contributed by atoms with van der Waals surface area (Å²) in [5.74, 6) is -4.48. The van der Waals surface area contributed by atoms with Gasteiger partial charge >= 0.3 is 10.2 Å². The molecule has 2 atom stereocenters. The number of hydrogen-bond donors (Lipinski definition) is 3. The number of piperidine rings is 1. The second kappa shape index (κ2) is 17.8. The van der Waals surface area contributed by atoms with Crippen molar-refractivity contribution in [1.82, 2.24) is 29.4 Å². The van der Waals surface area contributed by atoms with Gasteiger partial charge in [0.1, 0.15) is 29.4 Å². The number of ether oxygens (including phenoxy) is 1. The number of aromatic amines is 1. The molecule has 4 aliphatic heterocycles. The van der Waals surface area contributed by atoms with Gasteiger partial charge in [0.15, 0.2) is 5.82 Å². The number of amides is 3. The molecule has 5 aromatic rings. The number of allylic oxidation sites excluding steroid dienone is 1. The van der Waals surface area contributed by atoms with Crippen LogP contribution in [0.2, 0.25) is 0 Å². The summed E-state index contributed by atoms with van der Waals surface area (Å²) in [5, 5.41) is 2.96. The van der Waals surface area contributed by atoms with Gasteiger partial charge in [0.2, 0.25) is 11.7 Å². The van der Waals surface area contributed by atoms with E-state index >= 15 is 8.78 Å². The number of benzene rings is 3. The van der Waals surface area contributed by atoms with Crippen LogP contribution in [0.4, 0.5) is 24.5 Å². The Balaban J connectivity index is 0.763. The smallest absolute Gasteiger partial charge is 0.301 e. The van der Waals surface area contributed by atoms with Crippen molar-refractivity contribution in [2.75, 3.05) is 62.0 Å². The first kappa shape index (κ1) is 43.7. The number of carbonyl (C=O) groups excluding carboxylic acids is 4. The maximum atomic E-state index is 15.7. The zero-order valence-corrected chi connectivity index (χ0v) is 35.9. The zero-order valence-electron chi connectivity index (χ0n) is 35.1. The highest BCUT2D eigenvalue weighted by Crippen LogP contribution is 2.33. The molecule has 0 radical (unpaired) electrons. The van der Waals surface area contributed by atoms with Crippen molar-refractivity contribution >= 4 is 56.1 Å². The van der Waals surface area contributed by atoms with Crippen molar-refractivity contribution in [3.8, 4) is 16.9 Å². The average molecular weight is 911 g/mol. The number of ketones is 1. The van der Waals surface area contributed by atoms with Gasteiger partial charge in [0.05, 0.1) is 29.0 Å². The summed E-state index contributed by atoms with van der Waals surface area (Å²) < 4.78 is 78.9. The SMILES string of the molecule is C=C1CCC(N2C(=O)c3ccc(OCCCCN4CCN(c5ccc(-c6cnc7[nH]cc(C(=O)c8c(F)ccc(NS(=O)(=O)N9CC[C@@H](F)C9)c8F)c7c6)cc5)CC4)cc3C2=O)C(=O)N1. The summed E-state index contributed by atoms with van der Waals surface area (Å²) in [7, 11) is -4.36. The molecule has 3 N–H and O–H groups in total. The molecular formula is C46H45F3N8O7S. The predicted octanol–water partition coefficient (Wildman–Crippen LogP) is 5.81. The number of H-pyrrole nitrogens is 1. The number of rotatable bonds is 14. The largest absolute Gasteiger partial charge is 0.494 e. The van der Waals surface area contributed by atoms with Gasteiger partial charge in [-0.1, -0.05) is 18.7 Å². The Morgan fingerprint density at radius 2 is 1.68 bits per heavy atom. The minimum absolute atomic E-state index is 0.00192. The molecule has 1 unspecified atom stereocenters. The Bertz CT molecular complexity index is 2850. The van der Waals surface area contributed by atoms with E-state index in [9.17, 15) is 32.0 Å². The van der Waals surface area contributed by atoms with Gasteiger partial charge in [0, 0.05) is 79.6 Å². The summed E-state index contributed by atoms with van der Waals surface area (Å²) in [4.78, 5) is 65.5. The lowest BCUT2D eigenvalue weighted by Gasteiger charge is -2.36. The Hall–Kier alpha value is -6.57. The maximum absolute atomic E-state index is 15.7. The average Bonchev–Trinajstić information content (AvgIpc) is 4.00. The number of hydrogen-bond acceptors (Lipinski definition) is 10. The molecular weight excluding hydrogens is 866 g/mol.